The van der Waals surface area contributed by atoms with Gasteiger partial charge in [-0.25, -0.2) is 4.98 Å². The molecule has 2 aromatic heterocycles. The Bertz CT molecular complexity index is 1170. The second kappa shape index (κ2) is 8.45. The van der Waals surface area contributed by atoms with Crippen LogP contribution in [0.5, 0.6) is 0 Å². The third kappa shape index (κ3) is 4.31. The lowest BCUT2D eigenvalue weighted by atomic mass is 10.0. The van der Waals surface area contributed by atoms with E-state index in [1.54, 1.807) is 0 Å². The lowest BCUT2D eigenvalue weighted by Crippen LogP contribution is -2.22. The van der Waals surface area contributed by atoms with E-state index in [0.29, 0.717) is 12.0 Å². The number of aryl methyl sites for hydroxylation is 1. The van der Waals surface area contributed by atoms with Crippen LogP contribution in [0.1, 0.15) is 26.3 Å². The Morgan fingerprint density at radius 2 is 1.53 bits per heavy atom. The molecule has 0 amide bonds. The molecule has 0 spiro atoms. The number of nitrogens with one attached hydrogen (secondary N) is 1. The van der Waals surface area contributed by atoms with E-state index in [0.717, 1.165) is 44.1 Å². The van der Waals surface area contributed by atoms with E-state index in [2.05, 4.69) is 69.4 Å². The standard InChI is InChI=1S/C26H26ClN3/c1-16(2)18(4)29-26-13-17(3)23-14-20(7-12-25(23)30-26)24-11-8-21(15-28-24)19-5-9-22(27)10-6-19/h5-16,18H,1-4H3,(H,29,30). The Hall–Kier alpha value is -2.91. The maximum Gasteiger partial charge on any atom is 0.127 e. The summed E-state index contributed by atoms with van der Waals surface area (Å²) >= 11 is 5.99. The molecule has 2 aromatic carbocycles. The summed E-state index contributed by atoms with van der Waals surface area (Å²) < 4.78 is 0. The Balaban J connectivity index is 1.63. The van der Waals surface area contributed by atoms with Crippen LogP contribution in [-0.2, 0) is 0 Å². The molecule has 0 fully saturated rings. The SMILES string of the molecule is Cc1cc(NC(C)C(C)C)nc2ccc(-c3ccc(-c4ccc(Cl)cc4)cn3)cc12. The molecule has 4 aromatic rings. The van der Waals surface area contributed by atoms with E-state index in [4.69, 9.17) is 21.6 Å². The van der Waals surface area contributed by atoms with Crippen LogP contribution in [-0.4, -0.2) is 16.0 Å². The van der Waals surface area contributed by atoms with Gasteiger partial charge in [-0.2, -0.15) is 0 Å². The number of rotatable bonds is 5. The minimum Gasteiger partial charge on any atom is -0.367 e. The van der Waals surface area contributed by atoms with Crippen LogP contribution in [0.2, 0.25) is 5.02 Å². The van der Waals surface area contributed by atoms with Gasteiger partial charge in [-0.15, -0.1) is 0 Å². The zero-order valence-corrected chi connectivity index (χ0v) is 18.5. The molecule has 0 aliphatic carbocycles. The summed E-state index contributed by atoms with van der Waals surface area (Å²) in [5, 5.41) is 5.40. The third-order valence-electron chi connectivity index (χ3n) is 5.63. The van der Waals surface area contributed by atoms with Crippen LogP contribution >= 0.6 is 11.6 Å². The number of hydrogen-bond acceptors (Lipinski definition) is 3. The molecule has 0 bridgehead atoms. The lowest BCUT2D eigenvalue weighted by Gasteiger charge is -2.19. The average molecular weight is 416 g/mol. The van der Waals surface area contributed by atoms with Crippen molar-refractivity contribution in [2.45, 2.75) is 33.7 Å². The molecule has 2 heterocycles. The van der Waals surface area contributed by atoms with E-state index in [-0.39, 0.29) is 0 Å². The van der Waals surface area contributed by atoms with Crippen molar-refractivity contribution in [1.82, 2.24) is 9.97 Å². The molecule has 1 unspecified atom stereocenters. The molecule has 0 saturated heterocycles. The van der Waals surface area contributed by atoms with Gasteiger partial charge in [0.15, 0.2) is 0 Å². The zero-order valence-electron chi connectivity index (χ0n) is 17.8. The largest absolute Gasteiger partial charge is 0.367 e. The highest BCUT2D eigenvalue weighted by atomic mass is 35.5. The number of benzene rings is 2. The zero-order chi connectivity index (χ0) is 21.3. The number of aromatic nitrogens is 2. The van der Waals surface area contributed by atoms with E-state index in [9.17, 15) is 0 Å². The second-order valence-corrected chi connectivity index (χ2v) is 8.61. The van der Waals surface area contributed by atoms with Crippen molar-refractivity contribution in [3.8, 4) is 22.4 Å². The predicted octanol–water partition coefficient (Wildman–Crippen LogP) is 7.38. The number of fused-ring (bicyclic) bond motifs is 1. The van der Waals surface area contributed by atoms with Gasteiger partial charge in [-0.3, -0.25) is 4.98 Å². The van der Waals surface area contributed by atoms with Crippen molar-refractivity contribution >= 4 is 28.3 Å². The van der Waals surface area contributed by atoms with Crippen molar-refractivity contribution in [3.05, 3.63) is 77.4 Å². The number of pyridine rings is 2. The summed E-state index contributed by atoms with van der Waals surface area (Å²) in [6, 6.07) is 20.8. The second-order valence-electron chi connectivity index (χ2n) is 8.17. The Morgan fingerprint density at radius 1 is 0.833 bits per heavy atom. The van der Waals surface area contributed by atoms with Crippen LogP contribution < -0.4 is 5.32 Å². The molecule has 152 valence electrons. The lowest BCUT2D eigenvalue weighted by molar-refractivity contribution is 0.558. The summed E-state index contributed by atoms with van der Waals surface area (Å²) in [4.78, 5) is 9.51. The number of nitrogens with zero attached hydrogens (tertiary/aromatic N) is 2. The van der Waals surface area contributed by atoms with Gasteiger partial charge in [0.1, 0.15) is 5.82 Å². The Morgan fingerprint density at radius 3 is 2.20 bits per heavy atom. The first kappa shape index (κ1) is 20.4. The molecule has 3 nitrogen and oxygen atoms in total. The first-order valence-electron chi connectivity index (χ1n) is 10.3. The highest BCUT2D eigenvalue weighted by Gasteiger charge is 2.10. The summed E-state index contributed by atoms with van der Waals surface area (Å²) in [5.41, 5.74) is 6.42. The summed E-state index contributed by atoms with van der Waals surface area (Å²) in [6.45, 7) is 8.75. The maximum atomic E-state index is 5.99. The first-order valence-corrected chi connectivity index (χ1v) is 10.7. The monoisotopic (exact) mass is 415 g/mol. The quantitative estimate of drug-likeness (QED) is 0.369. The molecule has 1 N–H and O–H groups in total. The fraction of sp³-hybridized carbons (Fsp3) is 0.231. The van der Waals surface area contributed by atoms with Gasteiger partial charge < -0.3 is 5.32 Å². The smallest absolute Gasteiger partial charge is 0.127 e. The van der Waals surface area contributed by atoms with Crippen LogP contribution in [0.25, 0.3) is 33.3 Å². The van der Waals surface area contributed by atoms with Crippen LogP contribution in [0.4, 0.5) is 5.82 Å². The minimum atomic E-state index is 0.372. The fourth-order valence-electron chi connectivity index (χ4n) is 3.41. The molecule has 0 aliphatic rings. The molecule has 0 saturated carbocycles. The van der Waals surface area contributed by atoms with Gasteiger partial charge in [-0.1, -0.05) is 49.7 Å². The Labute approximate surface area is 183 Å². The summed E-state index contributed by atoms with van der Waals surface area (Å²) in [7, 11) is 0. The molecule has 0 radical (unpaired) electrons. The highest BCUT2D eigenvalue weighted by Crippen LogP contribution is 2.28. The fourth-order valence-corrected chi connectivity index (χ4v) is 3.53. The third-order valence-corrected chi connectivity index (χ3v) is 5.88. The minimum absolute atomic E-state index is 0.372. The van der Waals surface area contributed by atoms with Crippen molar-refractivity contribution in [1.29, 1.82) is 0 Å². The molecular weight excluding hydrogens is 390 g/mol. The Kier molecular flexibility index (Phi) is 5.74. The molecule has 0 aliphatic heterocycles. The van der Waals surface area contributed by atoms with Gasteiger partial charge in [-0.05, 0) is 67.3 Å². The van der Waals surface area contributed by atoms with Gasteiger partial charge in [0.2, 0.25) is 0 Å². The summed E-state index contributed by atoms with van der Waals surface area (Å²) in [5.74, 6) is 1.48. The van der Waals surface area contributed by atoms with Crippen molar-refractivity contribution in [2.24, 2.45) is 5.92 Å². The predicted molar refractivity (Wildman–Crippen MR) is 128 cm³/mol. The number of halogens is 1. The molecule has 1 atom stereocenters. The van der Waals surface area contributed by atoms with Gasteiger partial charge in [0.05, 0.1) is 11.2 Å². The van der Waals surface area contributed by atoms with Crippen molar-refractivity contribution < 1.29 is 0 Å². The topological polar surface area (TPSA) is 37.8 Å². The van der Waals surface area contributed by atoms with E-state index < -0.39 is 0 Å². The molecule has 4 heteroatoms. The van der Waals surface area contributed by atoms with Crippen molar-refractivity contribution in [2.75, 3.05) is 5.32 Å². The summed E-state index contributed by atoms with van der Waals surface area (Å²) in [6.07, 6.45) is 1.91. The maximum absolute atomic E-state index is 5.99. The van der Waals surface area contributed by atoms with E-state index in [1.807, 2.05) is 30.5 Å². The number of anilines is 1. The molecular formula is C26H26ClN3. The highest BCUT2D eigenvalue weighted by molar-refractivity contribution is 6.30. The van der Waals surface area contributed by atoms with Crippen LogP contribution in [0, 0.1) is 12.8 Å². The molecule has 4 rings (SSSR count). The first-order chi connectivity index (χ1) is 14.4. The average Bonchev–Trinajstić information content (AvgIpc) is 2.74. The van der Waals surface area contributed by atoms with Gasteiger partial charge >= 0.3 is 0 Å². The normalized spacial score (nSPS) is 12.3. The number of hydrogen-bond donors (Lipinski definition) is 1. The van der Waals surface area contributed by atoms with E-state index >= 15 is 0 Å². The van der Waals surface area contributed by atoms with Gasteiger partial charge in [0.25, 0.3) is 0 Å². The van der Waals surface area contributed by atoms with Crippen molar-refractivity contribution in [3.63, 3.8) is 0 Å². The van der Waals surface area contributed by atoms with Crippen LogP contribution in [0.15, 0.2) is 66.9 Å². The van der Waals surface area contributed by atoms with E-state index in [1.165, 1.54) is 5.56 Å². The molecule has 30 heavy (non-hydrogen) atoms. The van der Waals surface area contributed by atoms with Crippen LogP contribution in [0.3, 0.4) is 0 Å². The van der Waals surface area contributed by atoms with Gasteiger partial charge in [0, 0.05) is 33.8 Å².